The third kappa shape index (κ3) is 3.22. The van der Waals surface area contributed by atoms with E-state index in [0.29, 0.717) is 0 Å². The molecule has 0 aromatic carbocycles. The van der Waals surface area contributed by atoms with Gasteiger partial charge in [-0.25, -0.2) is 0 Å². The number of hydrogen-bond acceptors (Lipinski definition) is 1. The van der Waals surface area contributed by atoms with Crippen molar-refractivity contribution in [3.63, 3.8) is 0 Å². The number of piperidine rings is 1. The summed E-state index contributed by atoms with van der Waals surface area (Å²) in [5.41, 5.74) is 1.74. The molecule has 0 aliphatic carbocycles. The minimum absolute atomic E-state index is 0.137. The molecule has 0 unspecified atom stereocenters. The lowest BCUT2D eigenvalue weighted by Gasteiger charge is -2.39. The highest BCUT2D eigenvalue weighted by atomic mass is 31.1. The summed E-state index contributed by atoms with van der Waals surface area (Å²) >= 11 is 0. The van der Waals surface area contributed by atoms with E-state index in [1.165, 1.54) is 32.4 Å². The lowest BCUT2D eigenvalue weighted by Crippen LogP contribution is -2.30. The van der Waals surface area contributed by atoms with Gasteiger partial charge in [0.15, 0.2) is 0 Å². The van der Waals surface area contributed by atoms with Crippen molar-refractivity contribution in [1.82, 2.24) is 4.67 Å². The molecule has 1 aliphatic rings. The van der Waals surface area contributed by atoms with Crippen LogP contribution in [0.4, 0.5) is 0 Å². The Morgan fingerprint density at radius 2 is 1.31 bits per heavy atom. The Morgan fingerprint density at radius 3 is 1.69 bits per heavy atom. The Kier molecular flexibility index (Phi) is 4.69. The molecule has 1 saturated heterocycles. The number of hydrogen-bond donors (Lipinski definition) is 0. The molecule has 1 fully saturated rings. The van der Waals surface area contributed by atoms with Crippen LogP contribution in [0.15, 0.2) is 0 Å². The predicted octanol–water partition coefficient (Wildman–Crippen LogP) is 3.69. The fourth-order valence-corrected chi connectivity index (χ4v) is 5.60. The van der Waals surface area contributed by atoms with Crippen molar-refractivity contribution in [1.29, 1.82) is 0 Å². The van der Waals surface area contributed by atoms with Gasteiger partial charge in [-0.1, -0.05) is 34.1 Å². The van der Waals surface area contributed by atoms with Gasteiger partial charge in [0.25, 0.3) is 0 Å². The molecule has 0 atom stereocenters. The first-order valence-electron chi connectivity index (χ1n) is 5.66. The second-order valence-electron chi connectivity index (χ2n) is 4.58. The second kappa shape index (κ2) is 5.32. The molecule has 0 amide bonds. The molecule has 0 saturated carbocycles. The van der Waals surface area contributed by atoms with Crippen molar-refractivity contribution in [2.45, 2.75) is 58.3 Å². The van der Waals surface area contributed by atoms with Crippen LogP contribution < -0.4 is 0 Å². The van der Waals surface area contributed by atoms with E-state index in [4.69, 9.17) is 0 Å². The average Bonchev–Trinajstić information content (AvgIpc) is 2.04. The van der Waals surface area contributed by atoms with Crippen molar-refractivity contribution in [2.75, 3.05) is 13.1 Å². The second-order valence-corrected chi connectivity index (χ2v) is 7.97. The summed E-state index contributed by atoms with van der Waals surface area (Å²) in [7, 11) is 0.137. The normalized spacial score (nSPS) is 20.5. The van der Waals surface area contributed by atoms with Crippen LogP contribution in [0.3, 0.4) is 0 Å². The van der Waals surface area contributed by atoms with E-state index in [-0.39, 0.29) is 8.07 Å². The smallest absolute Gasteiger partial charge is 0.00211 e. The zero-order chi connectivity index (χ0) is 9.84. The van der Waals surface area contributed by atoms with E-state index in [9.17, 15) is 0 Å². The maximum Gasteiger partial charge on any atom is 0.00211 e. The van der Waals surface area contributed by atoms with Crippen LogP contribution in [0, 0.1) is 0 Å². The van der Waals surface area contributed by atoms with E-state index >= 15 is 0 Å². The third-order valence-corrected chi connectivity index (χ3v) is 5.89. The van der Waals surface area contributed by atoms with Crippen LogP contribution >= 0.6 is 8.07 Å². The maximum atomic E-state index is 2.77. The largest absolute Gasteiger partial charge is 0.282 e. The molecule has 78 valence electrons. The van der Waals surface area contributed by atoms with Crippen LogP contribution in [0.2, 0.25) is 0 Å². The quantitative estimate of drug-likeness (QED) is 0.629. The van der Waals surface area contributed by atoms with Crippen LogP contribution in [-0.4, -0.2) is 29.1 Å². The molecule has 0 spiro atoms. The van der Waals surface area contributed by atoms with Gasteiger partial charge in [-0.05, 0) is 32.2 Å². The van der Waals surface area contributed by atoms with E-state index in [1.807, 2.05) is 0 Å². The molecule has 13 heavy (non-hydrogen) atoms. The highest BCUT2D eigenvalue weighted by Crippen LogP contribution is 2.50. The molecule has 0 radical (unpaired) electrons. The molecule has 1 aliphatic heterocycles. The molecule has 0 N–H and O–H groups in total. The van der Waals surface area contributed by atoms with Gasteiger partial charge in [-0.2, -0.15) is 0 Å². The molecular formula is C11H24NP. The van der Waals surface area contributed by atoms with Crippen LogP contribution in [0.1, 0.15) is 47.0 Å². The first-order chi connectivity index (χ1) is 6.13. The Balaban J connectivity index is 2.52. The summed E-state index contributed by atoms with van der Waals surface area (Å²) in [6, 6.07) is 0. The van der Waals surface area contributed by atoms with E-state index < -0.39 is 0 Å². The van der Waals surface area contributed by atoms with Gasteiger partial charge in [0.05, 0.1) is 0 Å². The monoisotopic (exact) mass is 201 g/mol. The summed E-state index contributed by atoms with van der Waals surface area (Å²) in [6.45, 7) is 12.3. The third-order valence-electron chi connectivity index (χ3n) is 2.72. The Morgan fingerprint density at radius 1 is 0.846 bits per heavy atom. The summed E-state index contributed by atoms with van der Waals surface area (Å²) in [5.74, 6) is 0. The minimum atomic E-state index is 0.137. The average molecular weight is 201 g/mol. The van der Waals surface area contributed by atoms with E-state index in [1.54, 1.807) is 0 Å². The van der Waals surface area contributed by atoms with Crippen LogP contribution in [0.25, 0.3) is 0 Å². The highest BCUT2D eigenvalue weighted by Gasteiger charge is 2.25. The standard InChI is InChI=1S/C11H24NP/c1-10(2)13(11(3)4)12-8-6-5-7-9-12/h10-11H,5-9H2,1-4H3. The lowest BCUT2D eigenvalue weighted by molar-refractivity contribution is 0.364. The molecule has 0 aromatic rings. The van der Waals surface area contributed by atoms with Crippen molar-refractivity contribution < 1.29 is 0 Å². The SMILES string of the molecule is CC(C)P(C(C)C)N1CCCCC1. The van der Waals surface area contributed by atoms with Gasteiger partial charge in [-0.15, -0.1) is 0 Å². The lowest BCUT2D eigenvalue weighted by atomic mass is 10.2. The zero-order valence-electron chi connectivity index (χ0n) is 9.58. The van der Waals surface area contributed by atoms with E-state index in [2.05, 4.69) is 32.4 Å². The Hall–Kier alpha value is 0.390. The van der Waals surface area contributed by atoms with Gasteiger partial charge >= 0.3 is 0 Å². The summed E-state index contributed by atoms with van der Waals surface area (Å²) in [6.07, 6.45) is 4.31. The van der Waals surface area contributed by atoms with Crippen molar-refractivity contribution >= 4 is 8.07 Å². The topological polar surface area (TPSA) is 3.24 Å². The fraction of sp³-hybridized carbons (Fsp3) is 1.00. The van der Waals surface area contributed by atoms with Gasteiger partial charge in [0.1, 0.15) is 0 Å². The molecule has 0 aromatic heterocycles. The molecule has 2 heteroatoms. The summed E-state index contributed by atoms with van der Waals surface area (Å²) in [4.78, 5) is 0. The van der Waals surface area contributed by atoms with Gasteiger partial charge in [-0.3, -0.25) is 4.67 Å². The van der Waals surface area contributed by atoms with Crippen LogP contribution in [-0.2, 0) is 0 Å². The first-order valence-corrected chi connectivity index (χ1v) is 7.09. The number of rotatable bonds is 3. The predicted molar refractivity (Wildman–Crippen MR) is 62.6 cm³/mol. The van der Waals surface area contributed by atoms with Crippen molar-refractivity contribution in [3.8, 4) is 0 Å². The maximum absolute atomic E-state index is 2.77. The van der Waals surface area contributed by atoms with Crippen molar-refractivity contribution in [2.24, 2.45) is 0 Å². The molecular weight excluding hydrogens is 177 g/mol. The van der Waals surface area contributed by atoms with E-state index in [0.717, 1.165) is 11.3 Å². The fourth-order valence-electron chi connectivity index (χ4n) is 2.36. The molecule has 1 heterocycles. The Labute approximate surface area is 84.7 Å². The summed E-state index contributed by atoms with van der Waals surface area (Å²) < 4.78 is 2.77. The zero-order valence-corrected chi connectivity index (χ0v) is 10.5. The molecule has 1 nitrogen and oxygen atoms in total. The molecule has 0 bridgehead atoms. The first kappa shape index (κ1) is 11.5. The molecule has 1 rings (SSSR count). The highest BCUT2D eigenvalue weighted by molar-refractivity contribution is 7.56. The van der Waals surface area contributed by atoms with Crippen LogP contribution in [0.5, 0.6) is 0 Å². The van der Waals surface area contributed by atoms with Crippen molar-refractivity contribution in [3.05, 3.63) is 0 Å². The Bertz CT molecular complexity index is 131. The van der Waals surface area contributed by atoms with Gasteiger partial charge < -0.3 is 0 Å². The number of nitrogens with zero attached hydrogens (tertiary/aromatic N) is 1. The van der Waals surface area contributed by atoms with Gasteiger partial charge in [0.2, 0.25) is 0 Å². The minimum Gasteiger partial charge on any atom is -0.282 e. The van der Waals surface area contributed by atoms with Gasteiger partial charge in [0, 0.05) is 13.1 Å². The summed E-state index contributed by atoms with van der Waals surface area (Å²) in [5, 5.41) is 0.